The molecule has 0 bridgehead atoms. The van der Waals surface area contributed by atoms with Crippen molar-refractivity contribution in [2.45, 2.75) is 6.92 Å². The molecular formula is C10H6BrNO4. The Bertz CT molecular complexity index is 524. The maximum Gasteiger partial charge on any atom is 0.349 e. The smallest absolute Gasteiger partial charge is 0.349 e. The topological polar surface area (TPSA) is 72.5 Å². The molecule has 0 saturated heterocycles. The number of fused-ring (bicyclic) bond motifs is 1. The summed E-state index contributed by atoms with van der Waals surface area (Å²) in [6.45, 7) is 1.31. The number of carbonyl (C=O) groups is 3. The highest BCUT2D eigenvalue weighted by Gasteiger charge is 2.33. The van der Waals surface area contributed by atoms with E-state index in [0.29, 0.717) is 4.47 Å². The van der Waals surface area contributed by atoms with Gasteiger partial charge in [-0.1, -0.05) is 15.9 Å². The van der Waals surface area contributed by atoms with E-state index >= 15 is 0 Å². The van der Waals surface area contributed by atoms with Crippen LogP contribution in [0.25, 0.3) is 0 Å². The standard InChI is InChI=1S/C10H6BrNO4/c1-4(13)12-7-3-5(11)2-6-8(7)10(15)16-9(6)14/h2-3H,1H3,(H,12,13). The van der Waals surface area contributed by atoms with Gasteiger partial charge in [0.25, 0.3) is 0 Å². The predicted molar refractivity (Wildman–Crippen MR) is 58.2 cm³/mol. The maximum atomic E-state index is 11.4. The minimum atomic E-state index is -0.740. The van der Waals surface area contributed by atoms with Crippen molar-refractivity contribution in [3.8, 4) is 0 Å². The number of anilines is 1. The first-order valence-electron chi connectivity index (χ1n) is 4.36. The van der Waals surface area contributed by atoms with E-state index in [1.807, 2.05) is 0 Å². The molecule has 1 amide bonds. The van der Waals surface area contributed by atoms with E-state index in [1.54, 1.807) is 6.07 Å². The van der Waals surface area contributed by atoms with E-state index in [1.165, 1.54) is 13.0 Å². The Balaban J connectivity index is 2.62. The second-order valence-corrected chi connectivity index (χ2v) is 4.15. The molecule has 1 heterocycles. The van der Waals surface area contributed by atoms with Gasteiger partial charge in [0, 0.05) is 11.4 Å². The fraction of sp³-hybridized carbons (Fsp3) is 0.100. The van der Waals surface area contributed by atoms with Gasteiger partial charge in [-0.15, -0.1) is 0 Å². The molecular weight excluding hydrogens is 278 g/mol. The van der Waals surface area contributed by atoms with Gasteiger partial charge in [0.05, 0.1) is 16.8 Å². The number of hydrogen-bond donors (Lipinski definition) is 1. The van der Waals surface area contributed by atoms with Gasteiger partial charge in [-0.05, 0) is 12.1 Å². The zero-order valence-corrected chi connectivity index (χ0v) is 9.75. The molecule has 16 heavy (non-hydrogen) atoms. The number of esters is 2. The summed E-state index contributed by atoms with van der Waals surface area (Å²) in [6, 6.07) is 3.02. The van der Waals surface area contributed by atoms with Crippen LogP contribution in [-0.4, -0.2) is 17.8 Å². The molecule has 6 heteroatoms. The summed E-state index contributed by atoms with van der Waals surface area (Å²) in [5.41, 5.74) is 0.527. The number of nitrogens with one attached hydrogen (secondary N) is 1. The molecule has 5 nitrogen and oxygen atoms in total. The maximum absolute atomic E-state index is 11.4. The molecule has 1 aromatic carbocycles. The highest BCUT2D eigenvalue weighted by molar-refractivity contribution is 9.10. The minimum absolute atomic E-state index is 0.100. The first-order valence-corrected chi connectivity index (χ1v) is 5.16. The lowest BCUT2D eigenvalue weighted by atomic mass is 10.1. The molecule has 0 atom stereocenters. The van der Waals surface area contributed by atoms with Gasteiger partial charge in [-0.3, -0.25) is 4.79 Å². The Kier molecular flexibility index (Phi) is 2.51. The van der Waals surface area contributed by atoms with Gasteiger partial charge in [-0.2, -0.15) is 0 Å². The van der Waals surface area contributed by atoms with Gasteiger partial charge >= 0.3 is 11.9 Å². The highest BCUT2D eigenvalue weighted by Crippen LogP contribution is 2.31. The van der Waals surface area contributed by atoms with Crippen LogP contribution in [0, 0.1) is 0 Å². The lowest BCUT2D eigenvalue weighted by Gasteiger charge is -2.05. The van der Waals surface area contributed by atoms with E-state index in [-0.39, 0.29) is 22.7 Å². The molecule has 0 aliphatic carbocycles. The number of amides is 1. The number of benzene rings is 1. The normalized spacial score (nSPS) is 13.4. The first-order chi connectivity index (χ1) is 7.49. The van der Waals surface area contributed by atoms with Crippen molar-refractivity contribution in [2.75, 3.05) is 5.32 Å². The largest absolute Gasteiger partial charge is 0.386 e. The summed E-state index contributed by atoms with van der Waals surface area (Å²) in [6.07, 6.45) is 0. The molecule has 1 aliphatic heterocycles. The molecule has 0 fully saturated rings. The second-order valence-electron chi connectivity index (χ2n) is 3.23. The van der Waals surface area contributed by atoms with Crippen LogP contribution in [0.4, 0.5) is 5.69 Å². The fourth-order valence-electron chi connectivity index (χ4n) is 1.47. The summed E-state index contributed by atoms with van der Waals surface area (Å²) in [5, 5.41) is 2.47. The van der Waals surface area contributed by atoms with Crippen molar-refractivity contribution in [1.29, 1.82) is 0 Å². The Morgan fingerprint density at radius 2 is 2.00 bits per heavy atom. The second kappa shape index (κ2) is 3.71. The lowest BCUT2D eigenvalue weighted by molar-refractivity contribution is -0.114. The Hall–Kier alpha value is -1.69. The molecule has 0 aromatic heterocycles. The molecule has 82 valence electrons. The van der Waals surface area contributed by atoms with E-state index in [4.69, 9.17) is 0 Å². The molecule has 0 unspecified atom stereocenters. The van der Waals surface area contributed by atoms with Gasteiger partial charge in [0.15, 0.2) is 0 Å². The van der Waals surface area contributed by atoms with Crippen LogP contribution < -0.4 is 5.32 Å². The van der Waals surface area contributed by atoms with E-state index in [2.05, 4.69) is 26.0 Å². The average Bonchev–Trinajstić information content (AvgIpc) is 2.40. The van der Waals surface area contributed by atoms with Crippen LogP contribution in [0.2, 0.25) is 0 Å². The van der Waals surface area contributed by atoms with Crippen LogP contribution >= 0.6 is 15.9 Å². The zero-order chi connectivity index (χ0) is 11.9. The quantitative estimate of drug-likeness (QED) is 0.629. The number of cyclic esters (lactones) is 2. The number of carbonyl (C=O) groups excluding carboxylic acids is 3. The Labute approximate surface area is 98.9 Å². The van der Waals surface area contributed by atoms with Crippen molar-refractivity contribution < 1.29 is 19.1 Å². The van der Waals surface area contributed by atoms with Crippen LogP contribution in [-0.2, 0) is 9.53 Å². The van der Waals surface area contributed by atoms with Gasteiger partial charge in [-0.25, -0.2) is 9.59 Å². The van der Waals surface area contributed by atoms with Crippen LogP contribution in [0.3, 0.4) is 0 Å². The van der Waals surface area contributed by atoms with Crippen molar-refractivity contribution in [3.05, 3.63) is 27.7 Å². The van der Waals surface area contributed by atoms with Crippen molar-refractivity contribution in [2.24, 2.45) is 0 Å². The molecule has 1 N–H and O–H groups in total. The summed E-state index contributed by atoms with van der Waals surface area (Å²) < 4.78 is 5.04. The fourth-order valence-corrected chi connectivity index (χ4v) is 1.92. The monoisotopic (exact) mass is 283 g/mol. The van der Waals surface area contributed by atoms with Crippen molar-refractivity contribution >= 4 is 39.5 Å². The Morgan fingerprint density at radius 3 is 2.62 bits per heavy atom. The number of rotatable bonds is 1. The van der Waals surface area contributed by atoms with E-state index in [0.717, 1.165) is 0 Å². The number of ether oxygens (including phenoxy) is 1. The molecule has 0 spiro atoms. The zero-order valence-electron chi connectivity index (χ0n) is 8.17. The minimum Gasteiger partial charge on any atom is -0.386 e. The molecule has 1 aromatic rings. The highest BCUT2D eigenvalue weighted by atomic mass is 79.9. The summed E-state index contributed by atoms with van der Waals surface area (Å²) in [7, 11) is 0. The van der Waals surface area contributed by atoms with Crippen LogP contribution in [0.1, 0.15) is 27.6 Å². The third-order valence-electron chi connectivity index (χ3n) is 2.02. The van der Waals surface area contributed by atoms with E-state index < -0.39 is 11.9 Å². The Morgan fingerprint density at radius 1 is 1.31 bits per heavy atom. The third-order valence-corrected chi connectivity index (χ3v) is 2.48. The lowest BCUT2D eigenvalue weighted by Crippen LogP contribution is -2.10. The van der Waals surface area contributed by atoms with E-state index in [9.17, 15) is 14.4 Å². The van der Waals surface area contributed by atoms with Crippen molar-refractivity contribution in [1.82, 2.24) is 0 Å². The molecule has 1 aliphatic rings. The SMILES string of the molecule is CC(=O)Nc1cc(Br)cc2c1C(=O)OC2=O. The first kappa shape index (κ1) is 10.8. The van der Waals surface area contributed by atoms with Gasteiger partial charge in [0.2, 0.25) is 5.91 Å². The molecule has 2 rings (SSSR count). The van der Waals surface area contributed by atoms with Crippen LogP contribution in [0.5, 0.6) is 0 Å². The summed E-state index contributed by atoms with van der Waals surface area (Å²) in [4.78, 5) is 33.6. The average molecular weight is 284 g/mol. The summed E-state index contributed by atoms with van der Waals surface area (Å²) in [5.74, 6) is -1.77. The molecule has 0 radical (unpaired) electrons. The van der Waals surface area contributed by atoms with Gasteiger partial charge in [0.1, 0.15) is 0 Å². The van der Waals surface area contributed by atoms with Crippen molar-refractivity contribution in [3.63, 3.8) is 0 Å². The number of hydrogen-bond acceptors (Lipinski definition) is 4. The van der Waals surface area contributed by atoms with Gasteiger partial charge < -0.3 is 10.1 Å². The van der Waals surface area contributed by atoms with Crippen LogP contribution in [0.15, 0.2) is 16.6 Å². The third kappa shape index (κ3) is 1.71. The summed E-state index contributed by atoms with van der Waals surface area (Å²) >= 11 is 3.18. The number of halogens is 1. The molecule has 0 saturated carbocycles. The predicted octanol–water partition coefficient (Wildman–Crippen LogP) is 1.72.